The Bertz CT molecular complexity index is 1130. The summed E-state index contributed by atoms with van der Waals surface area (Å²) in [6.07, 6.45) is 8.26. The topological polar surface area (TPSA) is 75.5 Å². The molecule has 5 rings (SSSR count). The average Bonchev–Trinajstić information content (AvgIpc) is 3.04. The van der Waals surface area contributed by atoms with E-state index in [-0.39, 0.29) is 5.56 Å². The van der Waals surface area contributed by atoms with Gasteiger partial charge in [-0.05, 0) is 70.7 Å². The molecule has 7 nitrogen and oxygen atoms in total. The normalized spacial score (nSPS) is 18.5. The third-order valence-electron chi connectivity index (χ3n) is 6.93. The Hall–Kier alpha value is -2.67. The number of aromatic amines is 1. The van der Waals surface area contributed by atoms with Gasteiger partial charge in [-0.15, -0.1) is 0 Å². The van der Waals surface area contributed by atoms with Crippen LogP contribution in [-0.2, 0) is 6.42 Å². The molecule has 0 unspecified atom stereocenters. The summed E-state index contributed by atoms with van der Waals surface area (Å²) >= 11 is 0. The molecule has 2 aliphatic rings. The molecule has 4 heterocycles. The number of H-pyrrole nitrogens is 1. The predicted molar refractivity (Wildman–Crippen MR) is 115 cm³/mol. The zero-order valence-corrected chi connectivity index (χ0v) is 17.9. The lowest BCUT2D eigenvalue weighted by Crippen LogP contribution is -2.64. The van der Waals surface area contributed by atoms with Gasteiger partial charge in [-0.2, -0.15) is 5.10 Å². The number of imidazole rings is 1. The molecule has 3 aromatic heterocycles. The minimum atomic E-state index is -0.0755. The lowest BCUT2D eigenvalue weighted by molar-refractivity contribution is -0.119. The second kappa shape index (κ2) is 7.23. The summed E-state index contributed by atoms with van der Waals surface area (Å²) in [5.41, 5.74) is 4.48. The standard InChI is InChI=1S/C23H29N5O2/c1-15-18(11-25-26-22(15)29)5-4-8-27-13-23(14-27)9-20(10-23)30-21-7-6-19-12-24-17(3)28(19)16(21)2/h6-7,11-12,20H,4-5,8-10,13-14H2,1-3H3,(H,26,29). The summed E-state index contributed by atoms with van der Waals surface area (Å²) in [4.78, 5) is 18.6. The van der Waals surface area contributed by atoms with Gasteiger partial charge in [-0.1, -0.05) is 0 Å². The number of pyridine rings is 1. The molecule has 1 saturated heterocycles. The van der Waals surface area contributed by atoms with E-state index in [2.05, 4.69) is 43.5 Å². The monoisotopic (exact) mass is 407 g/mol. The molecule has 3 aromatic rings. The van der Waals surface area contributed by atoms with Crippen LogP contribution < -0.4 is 10.3 Å². The number of likely N-dealkylation sites (tertiary alicyclic amines) is 1. The van der Waals surface area contributed by atoms with E-state index in [1.807, 2.05) is 20.0 Å². The summed E-state index contributed by atoms with van der Waals surface area (Å²) in [6.45, 7) is 9.41. The number of aromatic nitrogens is 4. The Morgan fingerprint density at radius 2 is 2.00 bits per heavy atom. The van der Waals surface area contributed by atoms with E-state index in [0.717, 1.165) is 79.2 Å². The fourth-order valence-electron chi connectivity index (χ4n) is 5.26. The second-order valence-corrected chi connectivity index (χ2v) is 9.16. The highest BCUT2D eigenvalue weighted by atomic mass is 16.5. The molecule has 0 atom stereocenters. The zero-order chi connectivity index (χ0) is 20.9. The number of ether oxygens (including phenoxy) is 1. The zero-order valence-electron chi connectivity index (χ0n) is 17.9. The lowest BCUT2D eigenvalue weighted by Gasteiger charge is -2.58. The van der Waals surface area contributed by atoms with Crippen molar-refractivity contribution in [2.45, 2.75) is 52.6 Å². The van der Waals surface area contributed by atoms with Crippen molar-refractivity contribution in [2.75, 3.05) is 19.6 Å². The highest BCUT2D eigenvalue weighted by Crippen LogP contribution is 2.49. The highest BCUT2D eigenvalue weighted by molar-refractivity contribution is 5.51. The van der Waals surface area contributed by atoms with Crippen LogP contribution in [-0.4, -0.2) is 50.2 Å². The van der Waals surface area contributed by atoms with Crippen molar-refractivity contribution < 1.29 is 4.74 Å². The fraction of sp³-hybridized carbons (Fsp3) is 0.522. The molecule has 158 valence electrons. The fourth-order valence-corrected chi connectivity index (χ4v) is 5.26. The van der Waals surface area contributed by atoms with Gasteiger partial charge in [-0.25, -0.2) is 10.1 Å². The second-order valence-electron chi connectivity index (χ2n) is 9.16. The summed E-state index contributed by atoms with van der Waals surface area (Å²) in [5.74, 6) is 1.97. The van der Waals surface area contributed by atoms with Gasteiger partial charge in [0.05, 0.1) is 23.6 Å². The van der Waals surface area contributed by atoms with Crippen molar-refractivity contribution in [2.24, 2.45) is 5.41 Å². The van der Waals surface area contributed by atoms with Crippen LogP contribution in [0.5, 0.6) is 5.75 Å². The Labute approximate surface area is 176 Å². The Morgan fingerprint density at radius 1 is 1.20 bits per heavy atom. The van der Waals surface area contributed by atoms with E-state index in [1.165, 1.54) is 0 Å². The van der Waals surface area contributed by atoms with Gasteiger partial charge in [0.1, 0.15) is 17.7 Å². The summed E-state index contributed by atoms with van der Waals surface area (Å²) in [6, 6.07) is 4.16. The largest absolute Gasteiger partial charge is 0.489 e. The van der Waals surface area contributed by atoms with Gasteiger partial charge in [0.15, 0.2) is 0 Å². The molecule has 7 heteroatoms. The lowest BCUT2D eigenvalue weighted by atomic mass is 9.61. The number of aryl methyl sites for hydroxylation is 3. The minimum Gasteiger partial charge on any atom is -0.489 e. The van der Waals surface area contributed by atoms with Crippen LogP contribution in [0.3, 0.4) is 0 Å². The SMILES string of the molecule is Cc1c(CCCN2CC3(CC(Oc4ccc5cnc(C)n5c4C)C3)C2)cn[nH]c1=O. The van der Waals surface area contributed by atoms with Crippen molar-refractivity contribution >= 4 is 5.52 Å². The maximum absolute atomic E-state index is 11.6. The molecule has 0 bridgehead atoms. The number of hydrogen-bond donors (Lipinski definition) is 1. The molecular weight excluding hydrogens is 378 g/mol. The molecule has 1 aliphatic heterocycles. The first-order chi connectivity index (χ1) is 14.4. The van der Waals surface area contributed by atoms with Gasteiger partial charge in [0.25, 0.3) is 5.56 Å². The maximum Gasteiger partial charge on any atom is 0.267 e. The van der Waals surface area contributed by atoms with E-state index >= 15 is 0 Å². The summed E-state index contributed by atoms with van der Waals surface area (Å²) < 4.78 is 8.50. The van der Waals surface area contributed by atoms with Crippen LogP contribution in [0.25, 0.3) is 5.52 Å². The van der Waals surface area contributed by atoms with Gasteiger partial charge in [0.2, 0.25) is 0 Å². The molecule has 1 N–H and O–H groups in total. The van der Waals surface area contributed by atoms with Crippen molar-refractivity contribution in [3.8, 4) is 5.75 Å². The van der Waals surface area contributed by atoms with Crippen LogP contribution >= 0.6 is 0 Å². The van der Waals surface area contributed by atoms with Crippen LogP contribution in [0.15, 0.2) is 29.3 Å². The quantitative estimate of drug-likeness (QED) is 0.680. The van der Waals surface area contributed by atoms with Crippen LogP contribution in [0.1, 0.15) is 41.9 Å². The molecule has 0 radical (unpaired) electrons. The average molecular weight is 408 g/mol. The Balaban J connectivity index is 1.09. The summed E-state index contributed by atoms with van der Waals surface area (Å²) in [7, 11) is 0. The maximum atomic E-state index is 11.6. The molecule has 0 amide bonds. The Morgan fingerprint density at radius 3 is 2.80 bits per heavy atom. The van der Waals surface area contributed by atoms with Gasteiger partial charge >= 0.3 is 0 Å². The van der Waals surface area contributed by atoms with Crippen molar-refractivity contribution in [3.05, 3.63) is 57.5 Å². The molecule has 1 spiro atoms. The third kappa shape index (κ3) is 3.31. The van der Waals surface area contributed by atoms with E-state index < -0.39 is 0 Å². The van der Waals surface area contributed by atoms with Crippen LogP contribution in [0.2, 0.25) is 0 Å². The number of fused-ring (bicyclic) bond motifs is 1. The predicted octanol–water partition coefficient (Wildman–Crippen LogP) is 2.82. The first-order valence-corrected chi connectivity index (χ1v) is 10.8. The Kier molecular flexibility index (Phi) is 4.65. The van der Waals surface area contributed by atoms with Gasteiger partial charge in [-0.3, -0.25) is 9.20 Å². The van der Waals surface area contributed by atoms with E-state index in [0.29, 0.717) is 11.5 Å². The van der Waals surface area contributed by atoms with Crippen LogP contribution in [0, 0.1) is 26.2 Å². The van der Waals surface area contributed by atoms with Crippen LogP contribution in [0.4, 0.5) is 0 Å². The minimum absolute atomic E-state index is 0.0755. The first kappa shape index (κ1) is 19.3. The number of nitrogens with one attached hydrogen (secondary N) is 1. The molecule has 1 aliphatic carbocycles. The molecular formula is C23H29N5O2. The molecule has 1 saturated carbocycles. The molecule has 2 fully saturated rings. The smallest absolute Gasteiger partial charge is 0.267 e. The molecule has 0 aromatic carbocycles. The number of rotatable bonds is 6. The van der Waals surface area contributed by atoms with E-state index in [9.17, 15) is 4.79 Å². The summed E-state index contributed by atoms with van der Waals surface area (Å²) in [5, 5.41) is 6.41. The van der Waals surface area contributed by atoms with Crippen molar-refractivity contribution in [1.29, 1.82) is 0 Å². The van der Waals surface area contributed by atoms with Crippen molar-refractivity contribution in [3.63, 3.8) is 0 Å². The third-order valence-corrected chi connectivity index (χ3v) is 6.93. The highest BCUT2D eigenvalue weighted by Gasteiger charge is 2.53. The van der Waals surface area contributed by atoms with E-state index in [1.54, 1.807) is 6.20 Å². The van der Waals surface area contributed by atoms with Gasteiger partial charge in [0, 0.05) is 24.1 Å². The van der Waals surface area contributed by atoms with Crippen molar-refractivity contribution in [1.82, 2.24) is 24.5 Å². The van der Waals surface area contributed by atoms with E-state index in [4.69, 9.17) is 4.74 Å². The van der Waals surface area contributed by atoms with Gasteiger partial charge < -0.3 is 9.64 Å². The first-order valence-electron chi connectivity index (χ1n) is 10.8. The number of hydrogen-bond acceptors (Lipinski definition) is 5. The molecule has 30 heavy (non-hydrogen) atoms. The number of nitrogens with zero attached hydrogens (tertiary/aromatic N) is 4.